The summed E-state index contributed by atoms with van der Waals surface area (Å²) in [5.41, 5.74) is 0. The van der Waals surface area contributed by atoms with Crippen molar-refractivity contribution in [3.05, 3.63) is 0 Å². The van der Waals surface area contributed by atoms with Gasteiger partial charge in [-0.25, -0.2) is 0 Å². The lowest BCUT2D eigenvalue weighted by Crippen LogP contribution is -2.18. The van der Waals surface area contributed by atoms with Crippen molar-refractivity contribution in [1.29, 1.82) is 0 Å². The minimum Gasteiger partial charge on any atom is -0.382 e. The molecular formula is C9H23NO. The van der Waals surface area contributed by atoms with Gasteiger partial charge in [-0.2, -0.15) is 0 Å². The molecule has 0 rings (SSSR count). The van der Waals surface area contributed by atoms with E-state index < -0.39 is 0 Å². The van der Waals surface area contributed by atoms with Crippen molar-refractivity contribution in [3.63, 3.8) is 0 Å². The van der Waals surface area contributed by atoms with Crippen LogP contribution in [0.1, 0.15) is 27.2 Å². The lowest BCUT2D eigenvalue weighted by molar-refractivity contribution is 0.103. The molecule has 0 aliphatic heterocycles. The quantitative estimate of drug-likeness (QED) is 0.625. The van der Waals surface area contributed by atoms with Crippen LogP contribution in [0.5, 0.6) is 0 Å². The third-order valence-corrected chi connectivity index (χ3v) is 1.39. The SMILES string of the molecule is CC.COC(C)CCN(C)C. The summed E-state index contributed by atoms with van der Waals surface area (Å²) in [5, 5.41) is 0. The molecule has 1 atom stereocenters. The molecule has 0 aromatic carbocycles. The predicted molar refractivity (Wildman–Crippen MR) is 51.0 cm³/mol. The van der Waals surface area contributed by atoms with Gasteiger partial charge in [-0.15, -0.1) is 0 Å². The highest BCUT2D eigenvalue weighted by molar-refractivity contribution is 4.51. The van der Waals surface area contributed by atoms with Gasteiger partial charge in [-0.1, -0.05) is 13.8 Å². The van der Waals surface area contributed by atoms with Crippen LogP contribution < -0.4 is 0 Å². The first-order valence-electron chi connectivity index (χ1n) is 4.34. The van der Waals surface area contributed by atoms with Crippen LogP contribution in [0, 0.1) is 0 Å². The molecule has 2 heteroatoms. The zero-order chi connectivity index (χ0) is 9.28. The zero-order valence-electron chi connectivity index (χ0n) is 8.85. The number of hydrogen-bond donors (Lipinski definition) is 0. The highest BCUT2D eigenvalue weighted by Crippen LogP contribution is 1.94. The molecule has 0 saturated heterocycles. The highest BCUT2D eigenvalue weighted by atomic mass is 16.5. The van der Waals surface area contributed by atoms with Crippen LogP contribution in [-0.4, -0.2) is 38.8 Å². The molecule has 0 N–H and O–H groups in total. The fraction of sp³-hybridized carbons (Fsp3) is 1.00. The van der Waals surface area contributed by atoms with E-state index >= 15 is 0 Å². The van der Waals surface area contributed by atoms with E-state index in [-0.39, 0.29) is 0 Å². The smallest absolute Gasteiger partial charge is 0.0555 e. The average molecular weight is 161 g/mol. The summed E-state index contributed by atoms with van der Waals surface area (Å²) >= 11 is 0. The number of ether oxygens (including phenoxy) is 1. The summed E-state index contributed by atoms with van der Waals surface area (Å²) in [4.78, 5) is 2.16. The molecule has 0 amide bonds. The Labute approximate surface area is 71.5 Å². The van der Waals surface area contributed by atoms with Crippen molar-refractivity contribution in [1.82, 2.24) is 4.90 Å². The van der Waals surface area contributed by atoms with Crippen LogP contribution in [0.3, 0.4) is 0 Å². The second kappa shape index (κ2) is 9.92. The van der Waals surface area contributed by atoms with E-state index in [9.17, 15) is 0 Å². The van der Waals surface area contributed by atoms with Gasteiger partial charge in [0.15, 0.2) is 0 Å². The molecular weight excluding hydrogens is 138 g/mol. The van der Waals surface area contributed by atoms with Crippen molar-refractivity contribution >= 4 is 0 Å². The maximum atomic E-state index is 5.07. The van der Waals surface area contributed by atoms with E-state index in [0.29, 0.717) is 6.10 Å². The zero-order valence-corrected chi connectivity index (χ0v) is 8.85. The number of hydrogen-bond acceptors (Lipinski definition) is 2. The number of nitrogens with zero attached hydrogens (tertiary/aromatic N) is 1. The molecule has 2 nitrogen and oxygen atoms in total. The summed E-state index contributed by atoms with van der Waals surface area (Å²) in [6.07, 6.45) is 1.51. The molecule has 0 saturated carbocycles. The molecule has 0 aliphatic carbocycles. The summed E-state index contributed by atoms with van der Waals surface area (Å²) in [6.45, 7) is 7.19. The van der Waals surface area contributed by atoms with E-state index in [4.69, 9.17) is 4.74 Å². The minimum absolute atomic E-state index is 0.396. The van der Waals surface area contributed by atoms with Gasteiger partial charge in [0.1, 0.15) is 0 Å². The second-order valence-electron chi connectivity index (χ2n) is 2.64. The average Bonchev–Trinajstić information content (AvgIpc) is 2.04. The molecule has 0 heterocycles. The van der Waals surface area contributed by atoms with Crippen LogP contribution >= 0.6 is 0 Å². The van der Waals surface area contributed by atoms with Crippen molar-refractivity contribution in [3.8, 4) is 0 Å². The van der Waals surface area contributed by atoms with Crippen LogP contribution in [0.25, 0.3) is 0 Å². The summed E-state index contributed by atoms with van der Waals surface area (Å²) in [6, 6.07) is 0. The Balaban J connectivity index is 0. The number of methoxy groups -OCH3 is 1. The van der Waals surface area contributed by atoms with E-state index in [2.05, 4.69) is 25.9 Å². The minimum atomic E-state index is 0.396. The van der Waals surface area contributed by atoms with Crippen LogP contribution in [-0.2, 0) is 4.74 Å². The van der Waals surface area contributed by atoms with Gasteiger partial charge in [0.05, 0.1) is 6.10 Å². The lowest BCUT2D eigenvalue weighted by atomic mass is 10.3. The molecule has 0 fully saturated rings. The monoisotopic (exact) mass is 161 g/mol. The van der Waals surface area contributed by atoms with Gasteiger partial charge < -0.3 is 9.64 Å². The fourth-order valence-corrected chi connectivity index (χ4v) is 0.558. The lowest BCUT2D eigenvalue weighted by Gasteiger charge is -2.12. The van der Waals surface area contributed by atoms with Gasteiger partial charge in [-0.05, 0) is 34.0 Å². The van der Waals surface area contributed by atoms with Crippen molar-refractivity contribution in [2.24, 2.45) is 0 Å². The Bertz CT molecular complexity index is 64.6. The van der Waals surface area contributed by atoms with Crippen molar-refractivity contribution < 1.29 is 4.74 Å². The maximum absolute atomic E-state index is 5.07. The van der Waals surface area contributed by atoms with E-state index in [0.717, 1.165) is 13.0 Å². The molecule has 0 bridgehead atoms. The fourth-order valence-electron chi connectivity index (χ4n) is 0.558. The molecule has 0 aromatic heterocycles. The Morgan fingerprint density at radius 1 is 1.27 bits per heavy atom. The molecule has 11 heavy (non-hydrogen) atoms. The Kier molecular flexibility index (Phi) is 12.2. The van der Waals surface area contributed by atoms with Crippen molar-refractivity contribution in [2.45, 2.75) is 33.3 Å². The van der Waals surface area contributed by atoms with Crippen LogP contribution in [0.15, 0.2) is 0 Å². The topological polar surface area (TPSA) is 12.5 Å². The molecule has 0 radical (unpaired) electrons. The van der Waals surface area contributed by atoms with Crippen LogP contribution in [0.4, 0.5) is 0 Å². The molecule has 1 unspecified atom stereocenters. The first-order chi connectivity index (χ1) is 5.16. The number of rotatable bonds is 4. The summed E-state index contributed by atoms with van der Waals surface area (Å²) in [7, 11) is 5.89. The second-order valence-corrected chi connectivity index (χ2v) is 2.64. The Morgan fingerprint density at radius 3 is 2.00 bits per heavy atom. The van der Waals surface area contributed by atoms with Gasteiger partial charge >= 0.3 is 0 Å². The summed E-state index contributed by atoms with van der Waals surface area (Å²) < 4.78 is 5.07. The van der Waals surface area contributed by atoms with Crippen LogP contribution in [0.2, 0.25) is 0 Å². The third-order valence-electron chi connectivity index (χ3n) is 1.39. The van der Waals surface area contributed by atoms with E-state index in [1.165, 1.54) is 0 Å². The summed E-state index contributed by atoms with van der Waals surface area (Å²) in [5.74, 6) is 0. The highest BCUT2D eigenvalue weighted by Gasteiger charge is 1.98. The predicted octanol–water partition coefficient (Wildman–Crippen LogP) is 2.00. The van der Waals surface area contributed by atoms with Gasteiger partial charge in [0.2, 0.25) is 0 Å². The van der Waals surface area contributed by atoms with E-state index in [1.807, 2.05) is 13.8 Å². The molecule has 0 spiro atoms. The standard InChI is InChI=1S/C7H17NO.C2H6/c1-7(9-4)5-6-8(2)3;1-2/h7H,5-6H2,1-4H3;1-2H3. The van der Waals surface area contributed by atoms with Crippen molar-refractivity contribution in [2.75, 3.05) is 27.7 Å². The van der Waals surface area contributed by atoms with Gasteiger partial charge in [0.25, 0.3) is 0 Å². The molecule has 0 aromatic rings. The van der Waals surface area contributed by atoms with Gasteiger partial charge in [0, 0.05) is 7.11 Å². The van der Waals surface area contributed by atoms with E-state index in [1.54, 1.807) is 7.11 Å². The molecule has 70 valence electrons. The third kappa shape index (κ3) is 13.0. The Morgan fingerprint density at radius 2 is 1.73 bits per heavy atom. The first kappa shape index (κ1) is 13.5. The molecule has 0 aliphatic rings. The largest absolute Gasteiger partial charge is 0.382 e. The van der Waals surface area contributed by atoms with Gasteiger partial charge in [-0.3, -0.25) is 0 Å². The normalized spacial score (nSPS) is 12.3. The maximum Gasteiger partial charge on any atom is 0.0555 e. The Hall–Kier alpha value is -0.0800. The first-order valence-corrected chi connectivity index (χ1v) is 4.34.